The van der Waals surface area contributed by atoms with Gasteiger partial charge < -0.3 is 15.0 Å². The van der Waals surface area contributed by atoms with Crippen LogP contribution < -0.4 is 5.32 Å². The van der Waals surface area contributed by atoms with Gasteiger partial charge in [0.1, 0.15) is 5.60 Å². The van der Waals surface area contributed by atoms with Gasteiger partial charge in [0.05, 0.1) is 0 Å². The van der Waals surface area contributed by atoms with Gasteiger partial charge >= 0.3 is 6.09 Å². The molecule has 0 radical (unpaired) electrons. The highest BCUT2D eigenvalue weighted by Crippen LogP contribution is 2.31. The maximum absolute atomic E-state index is 12.1. The number of nitrogens with zero attached hydrogens (tertiary/aromatic N) is 1. The fourth-order valence-electron chi connectivity index (χ4n) is 3.00. The lowest BCUT2D eigenvalue weighted by Gasteiger charge is -2.29. The van der Waals surface area contributed by atoms with Crippen molar-refractivity contribution in [1.29, 1.82) is 0 Å². The molecule has 1 atom stereocenters. The Labute approximate surface area is 110 Å². The Bertz CT molecular complexity index is 303. The zero-order valence-electron chi connectivity index (χ0n) is 11.9. The van der Waals surface area contributed by atoms with Crippen LogP contribution in [0.5, 0.6) is 0 Å². The zero-order chi connectivity index (χ0) is 13.2. The number of rotatable bonds is 0. The second-order valence-electron chi connectivity index (χ2n) is 6.63. The van der Waals surface area contributed by atoms with Gasteiger partial charge in [-0.25, -0.2) is 4.79 Å². The Morgan fingerprint density at radius 2 is 1.89 bits per heavy atom. The van der Waals surface area contributed by atoms with Gasteiger partial charge in [-0.15, -0.1) is 0 Å². The first-order chi connectivity index (χ1) is 8.40. The van der Waals surface area contributed by atoms with E-state index < -0.39 is 5.60 Å². The van der Waals surface area contributed by atoms with Gasteiger partial charge in [0, 0.05) is 18.6 Å². The van der Waals surface area contributed by atoms with Crippen LogP contribution in [0.4, 0.5) is 4.79 Å². The van der Waals surface area contributed by atoms with Gasteiger partial charge in [0.2, 0.25) is 0 Å². The number of likely N-dealkylation sites (tertiary alicyclic amines) is 1. The molecule has 1 unspecified atom stereocenters. The third-order valence-corrected chi connectivity index (χ3v) is 3.93. The van der Waals surface area contributed by atoms with Crippen LogP contribution in [-0.4, -0.2) is 41.8 Å². The minimum atomic E-state index is -0.396. The Morgan fingerprint density at radius 3 is 2.50 bits per heavy atom. The lowest BCUT2D eigenvalue weighted by atomic mass is 9.89. The van der Waals surface area contributed by atoms with Crippen molar-refractivity contribution in [3.8, 4) is 0 Å². The van der Waals surface area contributed by atoms with Crippen molar-refractivity contribution in [3.63, 3.8) is 0 Å². The molecule has 0 aromatic rings. The maximum atomic E-state index is 12.1. The van der Waals surface area contributed by atoms with E-state index in [0.29, 0.717) is 5.54 Å². The molecule has 0 aromatic heterocycles. The average molecular weight is 254 g/mol. The van der Waals surface area contributed by atoms with Gasteiger partial charge in [-0.1, -0.05) is 0 Å². The molecule has 104 valence electrons. The first-order valence-corrected chi connectivity index (χ1v) is 7.13. The lowest BCUT2D eigenvalue weighted by molar-refractivity contribution is 0.0254. The summed E-state index contributed by atoms with van der Waals surface area (Å²) >= 11 is 0. The van der Waals surface area contributed by atoms with Crippen LogP contribution in [0.1, 0.15) is 52.9 Å². The summed E-state index contributed by atoms with van der Waals surface area (Å²) < 4.78 is 5.45. The molecule has 2 aliphatic heterocycles. The molecule has 1 spiro atoms. The molecule has 2 rings (SSSR count). The summed E-state index contributed by atoms with van der Waals surface area (Å²) in [5.41, 5.74) is -0.0938. The molecule has 2 aliphatic rings. The third kappa shape index (κ3) is 3.37. The second-order valence-corrected chi connectivity index (χ2v) is 6.63. The van der Waals surface area contributed by atoms with Crippen molar-refractivity contribution < 1.29 is 9.53 Å². The highest BCUT2D eigenvalue weighted by atomic mass is 16.6. The Hall–Kier alpha value is -0.770. The van der Waals surface area contributed by atoms with Gasteiger partial charge in [-0.3, -0.25) is 0 Å². The van der Waals surface area contributed by atoms with E-state index in [2.05, 4.69) is 5.32 Å². The van der Waals surface area contributed by atoms with Crippen molar-refractivity contribution >= 4 is 6.09 Å². The SMILES string of the molecule is CC(C)(C)OC(=O)N1CCCC2(CCCN2)CC1. The first-order valence-electron chi connectivity index (χ1n) is 7.13. The maximum Gasteiger partial charge on any atom is 0.410 e. The van der Waals surface area contributed by atoms with Crippen LogP contribution >= 0.6 is 0 Å². The minimum absolute atomic E-state index is 0.155. The predicted molar refractivity (Wildman–Crippen MR) is 71.6 cm³/mol. The van der Waals surface area contributed by atoms with Gasteiger partial charge in [0.15, 0.2) is 0 Å². The number of amides is 1. The first kappa shape index (κ1) is 13.7. The Kier molecular flexibility index (Phi) is 3.85. The summed E-state index contributed by atoms with van der Waals surface area (Å²) in [5, 5.41) is 3.64. The summed E-state index contributed by atoms with van der Waals surface area (Å²) in [7, 11) is 0. The molecule has 4 nitrogen and oxygen atoms in total. The van der Waals surface area contributed by atoms with Crippen molar-refractivity contribution in [2.45, 2.75) is 64.0 Å². The van der Waals surface area contributed by atoms with Gasteiger partial charge in [0.25, 0.3) is 0 Å². The molecule has 2 fully saturated rings. The van der Waals surface area contributed by atoms with Gasteiger partial charge in [-0.2, -0.15) is 0 Å². The van der Waals surface area contributed by atoms with Crippen molar-refractivity contribution in [2.75, 3.05) is 19.6 Å². The summed E-state index contributed by atoms with van der Waals surface area (Å²) in [5.74, 6) is 0. The molecule has 0 saturated carbocycles. The lowest BCUT2D eigenvalue weighted by Crippen LogP contribution is -2.42. The molecular weight excluding hydrogens is 228 g/mol. The molecule has 1 amide bonds. The van der Waals surface area contributed by atoms with E-state index >= 15 is 0 Å². The van der Waals surface area contributed by atoms with Crippen molar-refractivity contribution in [1.82, 2.24) is 10.2 Å². The zero-order valence-corrected chi connectivity index (χ0v) is 11.9. The van der Waals surface area contributed by atoms with E-state index in [0.717, 1.165) is 32.5 Å². The molecule has 4 heteroatoms. The van der Waals surface area contributed by atoms with Crippen LogP contribution in [0.3, 0.4) is 0 Å². The number of hydrogen-bond acceptors (Lipinski definition) is 3. The average Bonchev–Trinajstić information content (AvgIpc) is 2.57. The van der Waals surface area contributed by atoms with Crippen LogP contribution in [0.15, 0.2) is 0 Å². The summed E-state index contributed by atoms with van der Waals surface area (Å²) in [6.45, 7) is 8.54. The van der Waals surface area contributed by atoms with Crippen LogP contribution in [0.25, 0.3) is 0 Å². The molecule has 1 N–H and O–H groups in total. The molecule has 18 heavy (non-hydrogen) atoms. The fraction of sp³-hybridized carbons (Fsp3) is 0.929. The summed E-state index contributed by atoms with van der Waals surface area (Å²) in [6.07, 6.45) is 5.70. The third-order valence-electron chi connectivity index (χ3n) is 3.93. The van der Waals surface area contributed by atoms with Crippen molar-refractivity contribution in [3.05, 3.63) is 0 Å². The predicted octanol–water partition coefficient (Wildman–Crippen LogP) is 2.53. The number of carbonyl (C=O) groups is 1. The van der Waals surface area contributed by atoms with E-state index in [9.17, 15) is 4.79 Å². The topological polar surface area (TPSA) is 41.6 Å². The molecule has 0 bridgehead atoms. The van der Waals surface area contributed by atoms with E-state index in [1.165, 1.54) is 19.3 Å². The second kappa shape index (κ2) is 5.08. The largest absolute Gasteiger partial charge is 0.444 e. The molecule has 2 saturated heterocycles. The fourth-order valence-corrected chi connectivity index (χ4v) is 3.00. The smallest absolute Gasteiger partial charge is 0.410 e. The highest BCUT2D eigenvalue weighted by Gasteiger charge is 2.36. The molecule has 0 aliphatic carbocycles. The number of ether oxygens (including phenoxy) is 1. The normalized spacial score (nSPS) is 29.4. The number of nitrogens with one attached hydrogen (secondary N) is 1. The molecular formula is C14H26N2O2. The number of hydrogen-bond donors (Lipinski definition) is 1. The summed E-state index contributed by atoms with van der Waals surface area (Å²) in [6, 6.07) is 0. The van der Waals surface area contributed by atoms with E-state index in [4.69, 9.17) is 4.74 Å². The summed E-state index contributed by atoms with van der Waals surface area (Å²) in [4.78, 5) is 13.9. The van der Waals surface area contributed by atoms with E-state index in [1.54, 1.807) is 0 Å². The standard InChI is InChI=1S/C14H26N2O2/c1-13(2,3)18-12(17)16-10-5-7-14(8-11-16)6-4-9-15-14/h15H,4-11H2,1-3H3. The Morgan fingerprint density at radius 1 is 1.17 bits per heavy atom. The van der Waals surface area contributed by atoms with Gasteiger partial charge in [-0.05, 0) is 59.4 Å². The number of carbonyl (C=O) groups excluding carboxylic acids is 1. The van der Waals surface area contributed by atoms with Crippen LogP contribution in [-0.2, 0) is 4.74 Å². The van der Waals surface area contributed by atoms with E-state index in [1.807, 2.05) is 25.7 Å². The van der Waals surface area contributed by atoms with E-state index in [-0.39, 0.29) is 6.09 Å². The minimum Gasteiger partial charge on any atom is -0.444 e. The van der Waals surface area contributed by atoms with Crippen LogP contribution in [0.2, 0.25) is 0 Å². The van der Waals surface area contributed by atoms with Crippen LogP contribution in [0, 0.1) is 0 Å². The Balaban J connectivity index is 1.90. The molecule has 0 aromatic carbocycles. The highest BCUT2D eigenvalue weighted by molar-refractivity contribution is 5.68. The quantitative estimate of drug-likeness (QED) is 0.722. The molecule has 2 heterocycles. The monoisotopic (exact) mass is 254 g/mol. The van der Waals surface area contributed by atoms with Crippen molar-refractivity contribution in [2.24, 2.45) is 0 Å².